The number of halogens is 1. The number of pyridine rings is 1. The number of benzene rings is 1. The molecule has 1 atom stereocenters. The largest absolute Gasteiger partial charge is 0.377 e. The lowest BCUT2D eigenvalue weighted by Crippen LogP contribution is -2.09. The highest BCUT2D eigenvalue weighted by Gasteiger charge is 2.20. The van der Waals surface area contributed by atoms with E-state index in [0.29, 0.717) is 11.1 Å². The fourth-order valence-electron chi connectivity index (χ4n) is 2.82. The molecule has 1 fully saturated rings. The molecule has 0 amide bonds. The van der Waals surface area contributed by atoms with Crippen LogP contribution in [0.15, 0.2) is 53.9 Å². The van der Waals surface area contributed by atoms with Gasteiger partial charge in [-0.2, -0.15) is 0 Å². The summed E-state index contributed by atoms with van der Waals surface area (Å²) in [5.41, 5.74) is 1.96. The minimum absolute atomic E-state index is 0.296. The van der Waals surface area contributed by atoms with Gasteiger partial charge in [-0.1, -0.05) is 23.4 Å². The van der Waals surface area contributed by atoms with Crippen LogP contribution in [0.4, 0.5) is 0 Å². The molecule has 0 bridgehead atoms. The molecule has 2 aromatic heterocycles. The third kappa shape index (κ3) is 3.71. The van der Waals surface area contributed by atoms with E-state index in [1.165, 1.54) is 0 Å². The molecule has 1 unspecified atom stereocenters. The Hall–Kier alpha value is -1.89. The average Bonchev–Trinajstić information content (AvgIpc) is 3.31. The van der Waals surface area contributed by atoms with E-state index in [1.807, 2.05) is 36.4 Å². The summed E-state index contributed by atoms with van der Waals surface area (Å²) in [6.07, 6.45) is 6.06. The van der Waals surface area contributed by atoms with E-state index < -0.39 is 0 Å². The zero-order chi connectivity index (χ0) is 17.1. The minimum atomic E-state index is 0.296. The number of hydrogen-bond donors (Lipinski definition) is 0. The zero-order valence-corrected chi connectivity index (χ0v) is 15.1. The number of ether oxygens (including phenoxy) is 1. The second-order valence-corrected chi connectivity index (χ2v) is 7.22. The van der Waals surface area contributed by atoms with Crippen LogP contribution >= 0.6 is 23.4 Å². The van der Waals surface area contributed by atoms with Crippen LogP contribution in [-0.2, 0) is 4.74 Å². The van der Waals surface area contributed by atoms with Crippen molar-refractivity contribution in [2.75, 3.05) is 12.4 Å². The van der Waals surface area contributed by atoms with Gasteiger partial charge in [0.15, 0.2) is 11.0 Å². The second-order valence-electron chi connectivity index (χ2n) is 5.80. The van der Waals surface area contributed by atoms with Crippen molar-refractivity contribution < 1.29 is 4.74 Å². The van der Waals surface area contributed by atoms with E-state index in [2.05, 4.69) is 19.7 Å². The van der Waals surface area contributed by atoms with Gasteiger partial charge in [-0.15, -0.1) is 10.2 Å². The van der Waals surface area contributed by atoms with Crippen molar-refractivity contribution in [2.24, 2.45) is 0 Å². The van der Waals surface area contributed by atoms with Gasteiger partial charge in [0.25, 0.3) is 0 Å². The number of thioether (sulfide) groups is 1. The summed E-state index contributed by atoms with van der Waals surface area (Å²) >= 11 is 7.72. The lowest BCUT2D eigenvalue weighted by Gasteiger charge is -2.12. The Kier molecular flexibility index (Phi) is 5.01. The van der Waals surface area contributed by atoms with Crippen LogP contribution in [-0.4, -0.2) is 38.2 Å². The summed E-state index contributed by atoms with van der Waals surface area (Å²) in [6, 6.07) is 11.6. The lowest BCUT2D eigenvalue weighted by molar-refractivity contribution is 0.129. The van der Waals surface area contributed by atoms with Crippen LogP contribution in [0.3, 0.4) is 0 Å². The van der Waals surface area contributed by atoms with Crippen LogP contribution in [0.25, 0.3) is 17.1 Å². The van der Waals surface area contributed by atoms with E-state index in [0.717, 1.165) is 47.4 Å². The van der Waals surface area contributed by atoms with Gasteiger partial charge in [-0.05, 0) is 49.2 Å². The molecule has 7 heteroatoms. The third-order valence-corrected chi connectivity index (χ3v) is 5.39. The highest BCUT2D eigenvalue weighted by Crippen LogP contribution is 2.30. The average molecular weight is 373 g/mol. The van der Waals surface area contributed by atoms with Crippen molar-refractivity contribution in [1.82, 2.24) is 19.7 Å². The zero-order valence-electron chi connectivity index (χ0n) is 13.5. The predicted molar refractivity (Wildman–Crippen MR) is 99.3 cm³/mol. The van der Waals surface area contributed by atoms with E-state index in [9.17, 15) is 0 Å². The molecule has 0 aliphatic carbocycles. The van der Waals surface area contributed by atoms with Gasteiger partial charge in [0, 0.05) is 41.0 Å². The number of aromatic nitrogens is 4. The van der Waals surface area contributed by atoms with E-state index in [1.54, 1.807) is 24.2 Å². The molecule has 0 saturated carbocycles. The Morgan fingerprint density at radius 1 is 1.12 bits per heavy atom. The first-order valence-electron chi connectivity index (χ1n) is 8.17. The fourth-order valence-corrected chi connectivity index (χ4v) is 3.96. The number of hydrogen-bond acceptors (Lipinski definition) is 5. The molecular weight excluding hydrogens is 356 g/mol. The number of rotatable bonds is 5. The van der Waals surface area contributed by atoms with Crippen molar-refractivity contribution in [3.8, 4) is 17.1 Å². The molecule has 1 aliphatic heterocycles. The Morgan fingerprint density at radius 2 is 1.92 bits per heavy atom. The molecule has 5 nitrogen and oxygen atoms in total. The van der Waals surface area contributed by atoms with Crippen LogP contribution < -0.4 is 0 Å². The molecule has 0 spiro atoms. The standard InChI is InChI=1S/C18H17ClN4OS/c19-14-3-5-15(6-4-14)23-17(13-7-9-20-10-8-13)21-22-18(23)25-12-16-2-1-11-24-16/h3-10,16H,1-2,11-12H2. The van der Waals surface area contributed by atoms with Crippen molar-refractivity contribution >= 4 is 23.4 Å². The first kappa shape index (κ1) is 16.6. The summed E-state index contributed by atoms with van der Waals surface area (Å²) in [5.74, 6) is 1.67. The second kappa shape index (κ2) is 7.56. The maximum absolute atomic E-state index is 6.05. The van der Waals surface area contributed by atoms with Gasteiger partial charge in [-0.3, -0.25) is 9.55 Å². The SMILES string of the molecule is Clc1ccc(-n2c(SCC3CCCO3)nnc2-c2ccncc2)cc1. The van der Waals surface area contributed by atoms with Gasteiger partial charge in [-0.25, -0.2) is 0 Å². The van der Waals surface area contributed by atoms with Crippen LogP contribution in [0, 0.1) is 0 Å². The van der Waals surface area contributed by atoms with Crippen molar-refractivity contribution in [3.05, 3.63) is 53.8 Å². The minimum Gasteiger partial charge on any atom is -0.377 e. The summed E-state index contributed by atoms with van der Waals surface area (Å²) in [5, 5.41) is 10.4. The van der Waals surface area contributed by atoms with E-state index in [4.69, 9.17) is 16.3 Å². The molecule has 1 saturated heterocycles. The van der Waals surface area contributed by atoms with Gasteiger partial charge < -0.3 is 4.74 Å². The predicted octanol–water partition coefficient (Wildman–Crippen LogP) is 4.25. The van der Waals surface area contributed by atoms with Gasteiger partial charge in [0.05, 0.1) is 6.10 Å². The Morgan fingerprint density at radius 3 is 2.64 bits per heavy atom. The quantitative estimate of drug-likeness (QED) is 0.626. The summed E-state index contributed by atoms with van der Waals surface area (Å²) < 4.78 is 7.78. The molecule has 4 rings (SSSR count). The Labute approximate surface area is 155 Å². The van der Waals surface area contributed by atoms with Crippen molar-refractivity contribution in [3.63, 3.8) is 0 Å². The van der Waals surface area contributed by atoms with Gasteiger partial charge >= 0.3 is 0 Å². The van der Waals surface area contributed by atoms with Crippen LogP contribution in [0.2, 0.25) is 5.02 Å². The molecule has 1 aromatic carbocycles. The first-order valence-corrected chi connectivity index (χ1v) is 9.54. The summed E-state index contributed by atoms with van der Waals surface area (Å²) in [6.45, 7) is 0.858. The van der Waals surface area contributed by atoms with Crippen LogP contribution in [0.1, 0.15) is 12.8 Å². The first-order chi connectivity index (χ1) is 12.3. The van der Waals surface area contributed by atoms with Crippen molar-refractivity contribution in [2.45, 2.75) is 24.1 Å². The summed E-state index contributed by atoms with van der Waals surface area (Å²) in [7, 11) is 0. The Bertz CT molecular complexity index is 832. The molecule has 1 aliphatic rings. The topological polar surface area (TPSA) is 52.8 Å². The number of nitrogens with zero attached hydrogens (tertiary/aromatic N) is 4. The molecule has 128 valence electrons. The lowest BCUT2D eigenvalue weighted by atomic mass is 10.2. The Balaban J connectivity index is 1.70. The third-order valence-electron chi connectivity index (χ3n) is 4.08. The maximum atomic E-state index is 6.05. The van der Waals surface area contributed by atoms with E-state index >= 15 is 0 Å². The van der Waals surface area contributed by atoms with E-state index in [-0.39, 0.29) is 0 Å². The fraction of sp³-hybridized carbons (Fsp3) is 0.278. The normalized spacial score (nSPS) is 17.1. The molecule has 3 aromatic rings. The smallest absolute Gasteiger partial charge is 0.196 e. The highest BCUT2D eigenvalue weighted by molar-refractivity contribution is 7.99. The molecule has 25 heavy (non-hydrogen) atoms. The molecule has 0 radical (unpaired) electrons. The highest BCUT2D eigenvalue weighted by atomic mass is 35.5. The summed E-state index contributed by atoms with van der Waals surface area (Å²) in [4.78, 5) is 4.08. The maximum Gasteiger partial charge on any atom is 0.196 e. The van der Waals surface area contributed by atoms with Gasteiger partial charge in [0.2, 0.25) is 0 Å². The molecule has 3 heterocycles. The molecular formula is C18H17ClN4OS. The molecule has 0 N–H and O–H groups in total. The van der Waals surface area contributed by atoms with Crippen LogP contribution in [0.5, 0.6) is 0 Å². The van der Waals surface area contributed by atoms with Gasteiger partial charge in [0.1, 0.15) is 0 Å². The monoisotopic (exact) mass is 372 g/mol. The van der Waals surface area contributed by atoms with Crippen molar-refractivity contribution in [1.29, 1.82) is 0 Å².